The minimum Gasteiger partial charge on any atom is -0.258 e. The fourth-order valence-electron chi connectivity index (χ4n) is 2.18. The number of fused-ring (bicyclic) bond motifs is 1. The predicted octanol–water partition coefficient (Wildman–Crippen LogP) is 3.73. The zero-order valence-corrected chi connectivity index (χ0v) is 12.2. The summed E-state index contributed by atoms with van der Waals surface area (Å²) in [5, 5.41) is 11.5. The van der Waals surface area contributed by atoms with E-state index in [0.29, 0.717) is 23.2 Å². The highest BCUT2D eigenvalue weighted by molar-refractivity contribution is 6.20. The molecule has 6 heteroatoms. The molecule has 0 fully saturated rings. The van der Waals surface area contributed by atoms with Crippen molar-refractivity contribution in [3.8, 4) is 0 Å². The van der Waals surface area contributed by atoms with Crippen LogP contribution in [0.2, 0.25) is 0 Å². The molecule has 0 aliphatic heterocycles. The number of benzene rings is 1. The van der Waals surface area contributed by atoms with Gasteiger partial charge in [0, 0.05) is 29.3 Å². The summed E-state index contributed by atoms with van der Waals surface area (Å²) in [5.74, 6) is 0.500. The summed E-state index contributed by atoms with van der Waals surface area (Å²) in [5.41, 5.74) is 1.51. The smallest absolute Gasteiger partial charge is 0.258 e. The molecule has 1 aromatic carbocycles. The number of hydrogen-bond donors (Lipinski definition) is 0. The van der Waals surface area contributed by atoms with Crippen LogP contribution in [0.25, 0.3) is 10.9 Å². The topological polar surface area (TPSA) is 68.9 Å². The molecule has 0 radical (unpaired) electrons. The Labute approximate surface area is 122 Å². The van der Waals surface area contributed by atoms with Gasteiger partial charge in [0.1, 0.15) is 6.33 Å². The number of nitrogens with zero attached hydrogens (tertiary/aromatic N) is 3. The van der Waals surface area contributed by atoms with Crippen molar-refractivity contribution in [2.45, 2.75) is 32.1 Å². The van der Waals surface area contributed by atoms with E-state index in [4.69, 9.17) is 11.6 Å². The third kappa shape index (κ3) is 3.42. The van der Waals surface area contributed by atoms with E-state index < -0.39 is 4.92 Å². The van der Waals surface area contributed by atoms with E-state index in [2.05, 4.69) is 23.8 Å². The lowest BCUT2D eigenvalue weighted by molar-refractivity contribution is -0.384. The Kier molecular flexibility index (Phi) is 4.49. The lowest BCUT2D eigenvalue weighted by Gasteiger charge is -2.12. The molecule has 0 amide bonds. The van der Waals surface area contributed by atoms with Crippen LogP contribution in [-0.2, 0) is 6.42 Å². The summed E-state index contributed by atoms with van der Waals surface area (Å²) in [4.78, 5) is 18.8. The summed E-state index contributed by atoms with van der Waals surface area (Å²) < 4.78 is 0. The molecule has 5 nitrogen and oxygen atoms in total. The Morgan fingerprint density at radius 3 is 2.75 bits per heavy atom. The molecule has 1 aromatic heterocycles. The molecule has 0 bridgehead atoms. The first kappa shape index (κ1) is 14.7. The van der Waals surface area contributed by atoms with Crippen molar-refractivity contribution >= 4 is 28.2 Å². The van der Waals surface area contributed by atoms with Gasteiger partial charge in [-0.3, -0.25) is 10.1 Å². The van der Waals surface area contributed by atoms with E-state index >= 15 is 0 Å². The molecule has 106 valence electrons. The summed E-state index contributed by atoms with van der Waals surface area (Å²) in [7, 11) is 0. The Bertz CT molecular complexity index is 631. The highest BCUT2D eigenvalue weighted by atomic mass is 35.5. The van der Waals surface area contributed by atoms with Gasteiger partial charge in [-0.25, -0.2) is 9.97 Å². The Balaban J connectivity index is 2.37. The molecule has 0 saturated carbocycles. The Morgan fingerprint density at radius 1 is 1.35 bits per heavy atom. The number of halogens is 1. The molecule has 0 N–H and O–H groups in total. The van der Waals surface area contributed by atoms with Crippen molar-refractivity contribution in [1.82, 2.24) is 9.97 Å². The number of non-ortho nitro benzene ring substituents is 1. The van der Waals surface area contributed by atoms with Crippen molar-refractivity contribution < 1.29 is 4.92 Å². The minimum absolute atomic E-state index is 0.0348. The normalized spacial score (nSPS) is 12.8. The van der Waals surface area contributed by atoms with Crippen LogP contribution in [0.1, 0.15) is 26.0 Å². The second kappa shape index (κ2) is 6.13. The fourth-order valence-corrected chi connectivity index (χ4v) is 2.68. The molecule has 0 saturated heterocycles. The number of alkyl halides is 1. The van der Waals surface area contributed by atoms with E-state index in [-0.39, 0.29) is 11.1 Å². The molecule has 1 atom stereocenters. The van der Waals surface area contributed by atoms with E-state index in [1.54, 1.807) is 6.07 Å². The second-order valence-corrected chi connectivity index (χ2v) is 5.83. The minimum atomic E-state index is -0.414. The van der Waals surface area contributed by atoms with Crippen LogP contribution in [0.3, 0.4) is 0 Å². The van der Waals surface area contributed by atoms with Crippen molar-refractivity contribution in [1.29, 1.82) is 0 Å². The van der Waals surface area contributed by atoms with Crippen LogP contribution in [-0.4, -0.2) is 20.3 Å². The van der Waals surface area contributed by atoms with E-state index in [1.807, 2.05) is 0 Å². The Hall–Kier alpha value is -1.75. The monoisotopic (exact) mass is 293 g/mol. The van der Waals surface area contributed by atoms with Crippen LogP contribution >= 0.6 is 11.6 Å². The average molecular weight is 294 g/mol. The van der Waals surface area contributed by atoms with Gasteiger partial charge in [-0.15, -0.1) is 11.6 Å². The standard InChI is InChI=1S/C14H16ClN3O2/c1-9(2)5-10(15)6-14-12-7-11(18(19)20)3-4-13(12)16-8-17-14/h3-4,7-10H,5-6H2,1-2H3. The fraction of sp³-hybridized carbons (Fsp3) is 0.429. The molecule has 20 heavy (non-hydrogen) atoms. The number of rotatable bonds is 5. The maximum absolute atomic E-state index is 10.9. The van der Waals surface area contributed by atoms with Gasteiger partial charge in [0.15, 0.2) is 0 Å². The zero-order valence-electron chi connectivity index (χ0n) is 11.4. The number of hydrogen-bond acceptors (Lipinski definition) is 4. The van der Waals surface area contributed by atoms with Crippen LogP contribution in [0, 0.1) is 16.0 Å². The molecule has 1 heterocycles. The predicted molar refractivity (Wildman–Crippen MR) is 79.0 cm³/mol. The van der Waals surface area contributed by atoms with Gasteiger partial charge in [0.2, 0.25) is 0 Å². The van der Waals surface area contributed by atoms with Gasteiger partial charge < -0.3 is 0 Å². The highest BCUT2D eigenvalue weighted by Gasteiger charge is 2.14. The third-order valence-corrected chi connectivity index (χ3v) is 3.39. The molecule has 0 spiro atoms. The van der Waals surface area contributed by atoms with Crippen LogP contribution in [0.5, 0.6) is 0 Å². The lowest BCUT2D eigenvalue weighted by atomic mass is 10.0. The van der Waals surface area contributed by atoms with E-state index in [0.717, 1.165) is 12.1 Å². The first-order chi connectivity index (χ1) is 9.47. The molecule has 0 aliphatic carbocycles. The van der Waals surface area contributed by atoms with Gasteiger partial charge in [0.05, 0.1) is 16.1 Å². The second-order valence-electron chi connectivity index (χ2n) is 5.21. The number of nitro groups is 1. The van der Waals surface area contributed by atoms with Crippen LogP contribution < -0.4 is 0 Å². The maximum atomic E-state index is 10.9. The molecule has 2 rings (SSSR count). The molecular formula is C14H16ClN3O2. The van der Waals surface area contributed by atoms with Crippen LogP contribution in [0.15, 0.2) is 24.5 Å². The van der Waals surface area contributed by atoms with Gasteiger partial charge in [-0.1, -0.05) is 13.8 Å². The zero-order chi connectivity index (χ0) is 14.7. The maximum Gasteiger partial charge on any atom is 0.270 e. The third-order valence-electron chi connectivity index (χ3n) is 3.05. The first-order valence-corrected chi connectivity index (χ1v) is 6.93. The van der Waals surface area contributed by atoms with Gasteiger partial charge in [-0.05, 0) is 18.4 Å². The van der Waals surface area contributed by atoms with Crippen LogP contribution in [0.4, 0.5) is 5.69 Å². The molecule has 0 aliphatic rings. The van der Waals surface area contributed by atoms with Gasteiger partial charge in [0.25, 0.3) is 5.69 Å². The number of nitro benzene ring substituents is 1. The molecule has 2 aromatic rings. The van der Waals surface area contributed by atoms with E-state index in [9.17, 15) is 10.1 Å². The number of aromatic nitrogens is 2. The lowest BCUT2D eigenvalue weighted by Crippen LogP contribution is -2.09. The molecular weight excluding hydrogens is 278 g/mol. The largest absolute Gasteiger partial charge is 0.270 e. The van der Waals surface area contributed by atoms with Gasteiger partial charge >= 0.3 is 0 Å². The summed E-state index contributed by atoms with van der Waals surface area (Å²) in [6, 6.07) is 4.61. The van der Waals surface area contributed by atoms with Crippen molar-refractivity contribution in [2.75, 3.05) is 0 Å². The average Bonchev–Trinajstić information content (AvgIpc) is 2.37. The summed E-state index contributed by atoms with van der Waals surface area (Å²) in [6.07, 6.45) is 2.93. The van der Waals surface area contributed by atoms with Crippen molar-refractivity contribution in [3.63, 3.8) is 0 Å². The summed E-state index contributed by atoms with van der Waals surface area (Å²) >= 11 is 6.32. The quantitative estimate of drug-likeness (QED) is 0.478. The van der Waals surface area contributed by atoms with Crippen molar-refractivity contribution in [3.05, 3.63) is 40.3 Å². The summed E-state index contributed by atoms with van der Waals surface area (Å²) in [6.45, 7) is 4.22. The SMILES string of the molecule is CC(C)CC(Cl)Cc1ncnc2ccc([N+](=O)[O-])cc12. The van der Waals surface area contributed by atoms with Gasteiger partial charge in [-0.2, -0.15) is 0 Å². The highest BCUT2D eigenvalue weighted by Crippen LogP contribution is 2.24. The first-order valence-electron chi connectivity index (χ1n) is 6.49. The molecule has 1 unspecified atom stereocenters. The van der Waals surface area contributed by atoms with E-state index in [1.165, 1.54) is 18.5 Å². The Morgan fingerprint density at radius 2 is 2.10 bits per heavy atom. The van der Waals surface area contributed by atoms with Crippen molar-refractivity contribution in [2.24, 2.45) is 5.92 Å².